The number of aromatic amines is 1. The van der Waals surface area contributed by atoms with Crippen molar-refractivity contribution in [2.75, 3.05) is 6.54 Å². The van der Waals surface area contributed by atoms with Gasteiger partial charge in [0.25, 0.3) is 11.7 Å². The molecule has 0 spiro atoms. The highest BCUT2D eigenvalue weighted by Gasteiger charge is 2.38. The first-order valence-corrected chi connectivity index (χ1v) is 9.38. The van der Waals surface area contributed by atoms with E-state index in [0.717, 1.165) is 22.2 Å². The lowest BCUT2D eigenvalue weighted by Gasteiger charge is -2.35. The van der Waals surface area contributed by atoms with Gasteiger partial charge in [-0.15, -0.1) is 0 Å². The van der Waals surface area contributed by atoms with Crippen molar-refractivity contribution in [3.8, 4) is 0 Å². The molecular weight excluding hydrogens is 371 g/mol. The van der Waals surface area contributed by atoms with Crippen molar-refractivity contribution in [2.45, 2.75) is 12.5 Å². The SMILES string of the molecule is O=C(C(=O)N1CCc2c([nH]c3ccccc23)[C@@H]1c1ccccc1F)c1ccco1. The van der Waals surface area contributed by atoms with E-state index < -0.39 is 23.5 Å². The van der Waals surface area contributed by atoms with Gasteiger partial charge in [-0.1, -0.05) is 36.4 Å². The van der Waals surface area contributed by atoms with Crippen LogP contribution in [0.1, 0.15) is 33.4 Å². The molecule has 1 amide bonds. The van der Waals surface area contributed by atoms with Crippen molar-refractivity contribution in [1.29, 1.82) is 0 Å². The second-order valence-corrected chi connectivity index (χ2v) is 7.04. The molecule has 5 rings (SSSR count). The zero-order valence-corrected chi connectivity index (χ0v) is 15.4. The molecule has 0 aliphatic carbocycles. The second kappa shape index (κ2) is 6.74. The number of hydrogen-bond acceptors (Lipinski definition) is 3. The topological polar surface area (TPSA) is 66.3 Å². The molecule has 0 saturated carbocycles. The monoisotopic (exact) mass is 388 g/mol. The Morgan fingerprint density at radius 3 is 2.62 bits per heavy atom. The number of aromatic nitrogens is 1. The van der Waals surface area contributed by atoms with Gasteiger partial charge in [-0.25, -0.2) is 4.39 Å². The van der Waals surface area contributed by atoms with Gasteiger partial charge in [0.15, 0.2) is 5.76 Å². The van der Waals surface area contributed by atoms with Crippen LogP contribution in [0.2, 0.25) is 0 Å². The first kappa shape index (κ1) is 17.4. The third-order valence-corrected chi connectivity index (χ3v) is 5.43. The number of furan rings is 1. The normalized spacial score (nSPS) is 16.0. The Bertz CT molecular complexity index is 1230. The lowest BCUT2D eigenvalue weighted by Crippen LogP contribution is -2.44. The van der Waals surface area contributed by atoms with Gasteiger partial charge in [-0.3, -0.25) is 9.59 Å². The fraction of sp³-hybridized carbons (Fsp3) is 0.130. The number of rotatable bonds is 3. The van der Waals surface area contributed by atoms with Crippen LogP contribution in [0.3, 0.4) is 0 Å². The number of H-pyrrole nitrogens is 1. The molecule has 29 heavy (non-hydrogen) atoms. The molecule has 0 fully saturated rings. The van der Waals surface area contributed by atoms with Crippen LogP contribution >= 0.6 is 0 Å². The summed E-state index contributed by atoms with van der Waals surface area (Å²) in [4.78, 5) is 30.5. The van der Waals surface area contributed by atoms with Crippen LogP contribution in [0.25, 0.3) is 10.9 Å². The number of fused-ring (bicyclic) bond motifs is 3. The first-order chi connectivity index (χ1) is 14.1. The number of Topliss-reactive ketones (excluding diaryl/α,β-unsaturated/α-hetero) is 1. The molecule has 1 aliphatic rings. The van der Waals surface area contributed by atoms with E-state index in [2.05, 4.69) is 4.98 Å². The van der Waals surface area contributed by atoms with Crippen molar-refractivity contribution in [3.05, 3.63) is 95.3 Å². The number of carbonyl (C=O) groups excluding carboxylic acids is 2. The summed E-state index contributed by atoms with van der Waals surface area (Å²) in [7, 11) is 0. The van der Waals surface area contributed by atoms with Crippen LogP contribution < -0.4 is 0 Å². The van der Waals surface area contributed by atoms with E-state index in [4.69, 9.17) is 4.42 Å². The maximum absolute atomic E-state index is 14.8. The molecule has 3 heterocycles. The minimum absolute atomic E-state index is 0.0234. The summed E-state index contributed by atoms with van der Waals surface area (Å²) < 4.78 is 19.9. The minimum Gasteiger partial charge on any atom is -0.461 e. The first-order valence-electron chi connectivity index (χ1n) is 9.38. The van der Waals surface area contributed by atoms with Crippen molar-refractivity contribution in [3.63, 3.8) is 0 Å². The predicted molar refractivity (Wildman–Crippen MR) is 105 cm³/mol. The molecule has 0 unspecified atom stereocenters. The number of ketones is 1. The summed E-state index contributed by atoms with van der Waals surface area (Å²) in [6, 6.07) is 16.5. The Morgan fingerprint density at radius 1 is 1.03 bits per heavy atom. The Morgan fingerprint density at radius 2 is 1.83 bits per heavy atom. The number of nitrogens with one attached hydrogen (secondary N) is 1. The number of benzene rings is 2. The molecule has 2 aromatic carbocycles. The van der Waals surface area contributed by atoms with Crippen molar-refractivity contribution < 1.29 is 18.4 Å². The van der Waals surface area contributed by atoms with E-state index in [1.165, 1.54) is 23.3 Å². The molecule has 1 aliphatic heterocycles. The van der Waals surface area contributed by atoms with Crippen molar-refractivity contribution in [2.24, 2.45) is 0 Å². The van der Waals surface area contributed by atoms with Gasteiger partial charge in [0.2, 0.25) is 0 Å². The smallest absolute Gasteiger partial charge is 0.299 e. The number of hydrogen-bond donors (Lipinski definition) is 1. The van der Waals surface area contributed by atoms with E-state index in [0.29, 0.717) is 18.5 Å². The molecule has 1 atom stereocenters. The molecule has 0 bridgehead atoms. The van der Waals surface area contributed by atoms with Gasteiger partial charge >= 0.3 is 0 Å². The maximum Gasteiger partial charge on any atom is 0.299 e. The summed E-state index contributed by atoms with van der Waals surface area (Å²) in [5.74, 6) is -1.90. The van der Waals surface area contributed by atoms with E-state index in [-0.39, 0.29) is 5.76 Å². The summed E-state index contributed by atoms with van der Waals surface area (Å²) in [5, 5.41) is 1.05. The van der Waals surface area contributed by atoms with E-state index in [1.54, 1.807) is 24.3 Å². The lowest BCUT2D eigenvalue weighted by molar-refractivity contribution is -0.128. The second-order valence-electron chi connectivity index (χ2n) is 7.04. The molecule has 6 heteroatoms. The highest BCUT2D eigenvalue weighted by Crippen LogP contribution is 2.39. The molecule has 2 aromatic heterocycles. The van der Waals surface area contributed by atoms with Gasteiger partial charge < -0.3 is 14.3 Å². The number of nitrogens with zero attached hydrogens (tertiary/aromatic N) is 1. The quantitative estimate of drug-likeness (QED) is 0.421. The van der Waals surface area contributed by atoms with Crippen LogP contribution in [0.5, 0.6) is 0 Å². The summed E-state index contributed by atoms with van der Waals surface area (Å²) >= 11 is 0. The largest absolute Gasteiger partial charge is 0.461 e. The molecular formula is C23H17FN2O3. The fourth-order valence-corrected chi connectivity index (χ4v) is 4.12. The number of carbonyl (C=O) groups is 2. The maximum atomic E-state index is 14.8. The molecule has 4 aromatic rings. The predicted octanol–water partition coefficient (Wildman–Crippen LogP) is 4.26. The highest BCUT2D eigenvalue weighted by molar-refractivity contribution is 6.42. The number of halogens is 1. The van der Waals surface area contributed by atoms with E-state index in [9.17, 15) is 14.0 Å². The van der Waals surface area contributed by atoms with E-state index >= 15 is 0 Å². The Hall–Kier alpha value is -3.67. The van der Waals surface area contributed by atoms with Gasteiger partial charge in [0.05, 0.1) is 6.26 Å². The van der Waals surface area contributed by atoms with Gasteiger partial charge in [0.1, 0.15) is 11.9 Å². The van der Waals surface area contributed by atoms with Crippen LogP contribution in [-0.2, 0) is 11.2 Å². The highest BCUT2D eigenvalue weighted by atomic mass is 19.1. The summed E-state index contributed by atoms with van der Waals surface area (Å²) in [6.07, 6.45) is 1.92. The zero-order valence-electron chi connectivity index (χ0n) is 15.4. The fourth-order valence-electron chi connectivity index (χ4n) is 4.12. The van der Waals surface area contributed by atoms with Gasteiger partial charge in [-0.05, 0) is 36.2 Å². The van der Waals surface area contributed by atoms with Crippen molar-refractivity contribution >= 4 is 22.6 Å². The Balaban J connectivity index is 1.66. The Labute approximate surface area is 165 Å². The Kier molecular flexibility index (Phi) is 4.05. The zero-order chi connectivity index (χ0) is 20.0. The van der Waals surface area contributed by atoms with Crippen LogP contribution in [0, 0.1) is 5.82 Å². The van der Waals surface area contributed by atoms with Crippen LogP contribution in [0.15, 0.2) is 71.3 Å². The van der Waals surface area contributed by atoms with Crippen molar-refractivity contribution in [1.82, 2.24) is 9.88 Å². The average molecular weight is 388 g/mol. The number of amides is 1. The molecule has 0 saturated heterocycles. The third kappa shape index (κ3) is 2.76. The summed E-state index contributed by atoms with van der Waals surface area (Å²) in [5.41, 5.74) is 3.05. The lowest BCUT2D eigenvalue weighted by atomic mass is 9.91. The van der Waals surface area contributed by atoms with Gasteiger partial charge in [-0.2, -0.15) is 0 Å². The van der Waals surface area contributed by atoms with E-state index in [1.807, 2.05) is 24.3 Å². The minimum atomic E-state index is -0.740. The molecule has 144 valence electrons. The van der Waals surface area contributed by atoms with Crippen LogP contribution in [0.4, 0.5) is 4.39 Å². The molecule has 1 N–H and O–H groups in total. The number of para-hydroxylation sites is 1. The summed E-state index contributed by atoms with van der Waals surface area (Å²) in [6.45, 7) is 0.305. The third-order valence-electron chi connectivity index (χ3n) is 5.43. The van der Waals surface area contributed by atoms with Gasteiger partial charge in [0, 0.05) is 28.7 Å². The standard InChI is InChI=1S/C23H17FN2O3/c24-17-8-3-1-7-16(17)21-20-15(14-6-2-4-9-18(14)25-20)11-12-26(21)23(28)22(27)19-10-5-13-29-19/h1-10,13,21,25H,11-12H2/t21-/m0/s1. The molecule has 0 radical (unpaired) electrons. The molecule has 5 nitrogen and oxygen atoms in total. The average Bonchev–Trinajstić information content (AvgIpc) is 3.40. The van der Waals surface area contributed by atoms with Crippen LogP contribution in [-0.4, -0.2) is 28.1 Å².